The van der Waals surface area contributed by atoms with Crippen LogP contribution < -0.4 is 4.74 Å². The van der Waals surface area contributed by atoms with E-state index in [-0.39, 0.29) is 0 Å². The van der Waals surface area contributed by atoms with Crippen LogP contribution in [0.4, 0.5) is 0 Å². The number of nitrogens with zero attached hydrogens (tertiary/aromatic N) is 3. The van der Waals surface area contributed by atoms with E-state index in [1.165, 1.54) is 67.2 Å². The van der Waals surface area contributed by atoms with Gasteiger partial charge in [-0.1, -0.05) is 19.3 Å². The number of aryl methyl sites for hydroxylation is 2. The van der Waals surface area contributed by atoms with Crippen molar-refractivity contribution in [2.24, 2.45) is 5.92 Å². The Morgan fingerprint density at radius 3 is 2.63 bits per heavy atom. The number of ether oxygens (including phenoxy) is 1. The SMILES string of the molecule is c1cc(-c2nc(OCC3CCCCC3)c3c4c(sc3n2)CCCC4)ccn1. The minimum absolute atomic E-state index is 0.669. The van der Waals surface area contributed by atoms with E-state index in [1.54, 1.807) is 12.4 Å². The van der Waals surface area contributed by atoms with Gasteiger partial charge in [-0.15, -0.1) is 11.3 Å². The molecule has 2 aliphatic rings. The monoisotopic (exact) mass is 379 g/mol. The molecule has 0 saturated heterocycles. The second kappa shape index (κ2) is 7.55. The molecule has 140 valence electrons. The van der Waals surface area contributed by atoms with Crippen LogP contribution in [0.5, 0.6) is 5.88 Å². The Labute approximate surface area is 164 Å². The fourth-order valence-corrected chi connectivity index (χ4v) is 5.66. The van der Waals surface area contributed by atoms with Crippen molar-refractivity contribution in [3.63, 3.8) is 0 Å². The molecule has 4 nitrogen and oxygen atoms in total. The van der Waals surface area contributed by atoms with Crippen LogP contribution in [0.2, 0.25) is 0 Å². The first kappa shape index (κ1) is 17.1. The van der Waals surface area contributed by atoms with Crippen molar-refractivity contribution in [1.82, 2.24) is 15.0 Å². The predicted octanol–water partition coefficient (Wildman–Crippen LogP) is 5.59. The van der Waals surface area contributed by atoms with Crippen molar-refractivity contribution in [3.05, 3.63) is 35.0 Å². The van der Waals surface area contributed by atoms with Crippen molar-refractivity contribution in [2.45, 2.75) is 57.8 Å². The molecule has 5 heteroatoms. The average molecular weight is 380 g/mol. The average Bonchev–Trinajstić information content (AvgIpc) is 3.12. The van der Waals surface area contributed by atoms with E-state index in [0.29, 0.717) is 5.92 Å². The van der Waals surface area contributed by atoms with Crippen LogP contribution in [0.25, 0.3) is 21.6 Å². The van der Waals surface area contributed by atoms with E-state index in [4.69, 9.17) is 14.7 Å². The van der Waals surface area contributed by atoms with Gasteiger partial charge in [-0.2, -0.15) is 4.98 Å². The summed E-state index contributed by atoms with van der Waals surface area (Å²) in [6.45, 7) is 0.784. The van der Waals surface area contributed by atoms with E-state index in [1.807, 2.05) is 23.5 Å². The van der Waals surface area contributed by atoms with Crippen molar-refractivity contribution < 1.29 is 4.74 Å². The lowest BCUT2D eigenvalue weighted by Crippen LogP contribution is -2.16. The van der Waals surface area contributed by atoms with Gasteiger partial charge in [0.25, 0.3) is 0 Å². The lowest BCUT2D eigenvalue weighted by molar-refractivity contribution is 0.205. The predicted molar refractivity (Wildman–Crippen MR) is 109 cm³/mol. The van der Waals surface area contributed by atoms with Crippen LogP contribution in [0.1, 0.15) is 55.4 Å². The van der Waals surface area contributed by atoms with Gasteiger partial charge in [-0.05, 0) is 62.1 Å². The highest BCUT2D eigenvalue weighted by molar-refractivity contribution is 7.18. The summed E-state index contributed by atoms with van der Waals surface area (Å²) in [5.41, 5.74) is 2.45. The van der Waals surface area contributed by atoms with E-state index >= 15 is 0 Å². The molecule has 3 aromatic rings. The molecule has 0 bridgehead atoms. The van der Waals surface area contributed by atoms with Gasteiger partial charge < -0.3 is 4.74 Å². The lowest BCUT2D eigenvalue weighted by Gasteiger charge is -2.22. The van der Waals surface area contributed by atoms with E-state index in [0.717, 1.165) is 35.1 Å². The summed E-state index contributed by atoms with van der Waals surface area (Å²) in [5.74, 6) is 2.22. The normalized spacial score (nSPS) is 17.8. The highest BCUT2D eigenvalue weighted by atomic mass is 32.1. The molecule has 0 amide bonds. The molecule has 0 atom stereocenters. The third-order valence-electron chi connectivity index (χ3n) is 5.90. The second-order valence-corrected chi connectivity index (χ2v) is 8.88. The van der Waals surface area contributed by atoms with Gasteiger partial charge in [0.15, 0.2) is 5.82 Å². The largest absolute Gasteiger partial charge is 0.477 e. The summed E-state index contributed by atoms with van der Waals surface area (Å²) in [7, 11) is 0. The first-order valence-corrected chi connectivity index (χ1v) is 11.1. The summed E-state index contributed by atoms with van der Waals surface area (Å²) in [6.07, 6.45) is 15.0. The Hall–Kier alpha value is -2.01. The number of fused-ring (bicyclic) bond motifs is 3. The van der Waals surface area contributed by atoms with Crippen molar-refractivity contribution >= 4 is 21.6 Å². The standard InChI is InChI=1S/C22H25N3OS/c1-2-6-15(7-3-1)14-26-21-19-17-8-4-5-9-18(17)27-22(19)25-20(24-21)16-10-12-23-13-11-16/h10-13,15H,1-9,14H2. The zero-order valence-electron chi connectivity index (χ0n) is 15.6. The maximum Gasteiger partial charge on any atom is 0.226 e. The van der Waals surface area contributed by atoms with Gasteiger partial charge in [-0.3, -0.25) is 4.98 Å². The van der Waals surface area contributed by atoms with Crippen LogP contribution in [-0.4, -0.2) is 21.6 Å². The highest BCUT2D eigenvalue weighted by Gasteiger charge is 2.23. The molecule has 0 aromatic carbocycles. The van der Waals surface area contributed by atoms with E-state index < -0.39 is 0 Å². The number of aromatic nitrogens is 3. The van der Waals surface area contributed by atoms with Crippen molar-refractivity contribution in [2.75, 3.05) is 6.61 Å². The summed E-state index contributed by atoms with van der Waals surface area (Å²) >= 11 is 1.84. The van der Waals surface area contributed by atoms with Crippen LogP contribution in [0.3, 0.4) is 0 Å². The van der Waals surface area contributed by atoms with Crippen LogP contribution in [0, 0.1) is 5.92 Å². The lowest BCUT2D eigenvalue weighted by atomic mass is 9.90. The summed E-state index contributed by atoms with van der Waals surface area (Å²) in [6, 6.07) is 3.94. The van der Waals surface area contributed by atoms with Gasteiger partial charge in [0.1, 0.15) is 4.83 Å². The molecule has 27 heavy (non-hydrogen) atoms. The summed E-state index contributed by atoms with van der Waals surface area (Å²) < 4.78 is 6.39. The van der Waals surface area contributed by atoms with Crippen LogP contribution >= 0.6 is 11.3 Å². The summed E-state index contributed by atoms with van der Waals surface area (Å²) in [5, 5.41) is 1.18. The van der Waals surface area contributed by atoms with E-state index in [9.17, 15) is 0 Å². The van der Waals surface area contributed by atoms with Gasteiger partial charge in [0, 0.05) is 22.8 Å². The third-order valence-corrected chi connectivity index (χ3v) is 7.09. The number of hydrogen-bond acceptors (Lipinski definition) is 5. The van der Waals surface area contributed by atoms with Gasteiger partial charge in [0.05, 0.1) is 12.0 Å². The smallest absolute Gasteiger partial charge is 0.226 e. The number of pyridine rings is 1. The van der Waals surface area contributed by atoms with E-state index in [2.05, 4.69) is 4.98 Å². The number of hydrogen-bond donors (Lipinski definition) is 0. The van der Waals surface area contributed by atoms with Gasteiger partial charge in [0.2, 0.25) is 5.88 Å². The molecule has 0 spiro atoms. The zero-order valence-corrected chi connectivity index (χ0v) is 16.4. The minimum Gasteiger partial charge on any atom is -0.477 e. The second-order valence-electron chi connectivity index (χ2n) is 7.79. The Morgan fingerprint density at radius 1 is 0.963 bits per heavy atom. The van der Waals surface area contributed by atoms with Crippen molar-refractivity contribution in [1.29, 1.82) is 0 Å². The Morgan fingerprint density at radius 2 is 1.78 bits per heavy atom. The molecule has 1 saturated carbocycles. The Kier molecular flexibility index (Phi) is 4.78. The Bertz CT molecular complexity index is 932. The molecule has 0 N–H and O–H groups in total. The molecule has 2 aliphatic carbocycles. The summed E-state index contributed by atoms with van der Waals surface area (Å²) in [4.78, 5) is 16.5. The maximum absolute atomic E-state index is 6.39. The van der Waals surface area contributed by atoms with Crippen molar-refractivity contribution in [3.8, 4) is 17.3 Å². The maximum atomic E-state index is 6.39. The van der Waals surface area contributed by atoms with Gasteiger partial charge in [-0.25, -0.2) is 4.98 Å². The minimum atomic E-state index is 0.669. The molecule has 0 aliphatic heterocycles. The molecule has 0 radical (unpaired) electrons. The first-order chi connectivity index (χ1) is 13.4. The fourth-order valence-electron chi connectivity index (χ4n) is 4.41. The highest BCUT2D eigenvalue weighted by Crippen LogP contribution is 2.40. The Balaban J connectivity index is 1.55. The quantitative estimate of drug-likeness (QED) is 0.593. The third kappa shape index (κ3) is 3.45. The van der Waals surface area contributed by atoms with Gasteiger partial charge >= 0.3 is 0 Å². The molecule has 3 heterocycles. The zero-order chi connectivity index (χ0) is 18.1. The first-order valence-electron chi connectivity index (χ1n) is 10.2. The van der Waals surface area contributed by atoms with Crippen LogP contribution in [0.15, 0.2) is 24.5 Å². The molecular formula is C22H25N3OS. The number of thiophene rings is 1. The molecule has 3 aromatic heterocycles. The number of rotatable bonds is 4. The fraction of sp³-hybridized carbons (Fsp3) is 0.500. The molecule has 1 fully saturated rings. The topological polar surface area (TPSA) is 47.9 Å². The van der Waals surface area contributed by atoms with Crippen LogP contribution in [-0.2, 0) is 12.8 Å². The molecule has 0 unspecified atom stereocenters. The molecule has 5 rings (SSSR count). The molecular weight excluding hydrogens is 354 g/mol.